The number of alkyl halides is 4. The maximum Gasteiger partial charge on any atom is 0.411 e. The fourth-order valence-corrected chi connectivity index (χ4v) is 1.66. The van der Waals surface area contributed by atoms with E-state index in [4.69, 9.17) is 11.6 Å². The lowest BCUT2D eigenvalue weighted by Gasteiger charge is -2.15. The van der Waals surface area contributed by atoms with Gasteiger partial charge in [-0.1, -0.05) is 0 Å². The number of halogens is 4. The lowest BCUT2D eigenvalue weighted by atomic mass is 10.4. The second kappa shape index (κ2) is 5.19. The van der Waals surface area contributed by atoms with E-state index >= 15 is 0 Å². The van der Waals surface area contributed by atoms with Crippen LogP contribution in [0.1, 0.15) is 6.42 Å². The van der Waals surface area contributed by atoms with Crippen molar-refractivity contribution < 1.29 is 17.9 Å². The van der Waals surface area contributed by atoms with Crippen molar-refractivity contribution in [2.45, 2.75) is 18.0 Å². The molecule has 0 aliphatic carbocycles. The van der Waals surface area contributed by atoms with Crippen LogP contribution in [0.2, 0.25) is 0 Å². The van der Waals surface area contributed by atoms with Crippen molar-refractivity contribution in [3.63, 3.8) is 0 Å². The molecule has 0 N–H and O–H groups in total. The van der Waals surface area contributed by atoms with Gasteiger partial charge in [0, 0.05) is 18.5 Å². The van der Waals surface area contributed by atoms with Crippen LogP contribution in [0.4, 0.5) is 13.2 Å². The van der Waals surface area contributed by atoms with Crippen molar-refractivity contribution >= 4 is 11.6 Å². The van der Waals surface area contributed by atoms with E-state index in [-0.39, 0.29) is 12.0 Å². The molecule has 1 aliphatic heterocycles. The third-order valence-electron chi connectivity index (χ3n) is 2.03. The van der Waals surface area contributed by atoms with Gasteiger partial charge in [-0.3, -0.25) is 4.90 Å². The molecule has 14 heavy (non-hydrogen) atoms. The molecule has 0 aromatic rings. The van der Waals surface area contributed by atoms with Gasteiger partial charge in [-0.15, -0.1) is 11.6 Å². The third kappa shape index (κ3) is 5.02. The average molecular weight is 232 g/mol. The minimum Gasteiger partial charge on any atom is -0.371 e. The Hall–Kier alpha value is 0. The first-order valence-electron chi connectivity index (χ1n) is 4.48. The van der Waals surface area contributed by atoms with Gasteiger partial charge >= 0.3 is 6.18 Å². The average Bonchev–Trinajstić information content (AvgIpc) is 2.44. The van der Waals surface area contributed by atoms with Crippen LogP contribution >= 0.6 is 11.6 Å². The monoisotopic (exact) mass is 231 g/mol. The molecule has 1 unspecified atom stereocenters. The topological polar surface area (TPSA) is 12.5 Å². The molecule has 0 amide bonds. The lowest BCUT2D eigenvalue weighted by molar-refractivity contribution is -0.174. The summed E-state index contributed by atoms with van der Waals surface area (Å²) in [4.78, 5) is 2.01. The van der Waals surface area contributed by atoms with Crippen LogP contribution in [0.15, 0.2) is 0 Å². The van der Waals surface area contributed by atoms with Crippen molar-refractivity contribution in [2.24, 2.45) is 0 Å². The molecule has 0 aromatic carbocycles. The normalized spacial score (nSPS) is 24.4. The Morgan fingerprint density at radius 1 is 1.43 bits per heavy atom. The SMILES string of the molecule is FC(F)(F)COCCN1CCC(Cl)C1. The second-order valence-corrected chi connectivity index (χ2v) is 3.97. The summed E-state index contributed by atoms with van der Waals surface area (Å²) >= 11 is 5.83. The molecule has 1 aliphatic rings. The van der Waals surface area contributed by atoms with Crippen molar-refractivity contribution in [1.29, 1.82) is 0 Å². The third-order valence-corrected chi connectivity index (χ3v) is 2.39. The van der Waals surface area contributed by atoms with E-state index in [9.17, 15) is 13.2 Å². The van der Waals surface area contributed by atoms with E-state index in [1.54, 1.807) is 0 Å². The molecule has 1 fully saturated rings. The predicted octanol–water partition coefficient (Wildman–Crippen LogP) is 1.88. The fraction of sp³-hybridized carbons (Fsp3) is 1.00. The summed E-state index contributed by atoms with van der Waals surface area (Å²) in [6, 6.07) is 0. The first kappa shape index (κ1) is 12.1. The van der Waals surface area contributed by atoms with Gasteiger partial charge < -0.3 is 4.74 Å². The predicted molar refractivity (Wildman–Crippen MR) is 47.6 cm³/mol. The molecule has 0 spiro atoms. The fourth-order valence-electron chi connectivity index (χ4n) is 1.37. The van der Waals surface area contributed by atoms with E-state index in [0.717, 1.165) is 19.5 Å². The van der Waals surface area contributed by atoms with Crippen molar-refractivity contribution in [1.82, 2.24) is 4.90 Å². The molecule has 84 valence electrons. The van der Waals surface area contributed by atoms with Crippen molar-refractivity contribution in [3.05, 3.63) is 0 Å². The van der Waals surface area contributed by atoms with Gasteiger partial charge in [-0.25, -0.2) is 0 Å². The van der Waals surface area contributed by atoms with Crippen molar-refractivity contribution in [2.75, 3.05) is 32.8 Å². The summed E-state index contributed by atoms with van der Waals surface area (Å²) in [5, 5.41) is 0.137. The molecule has 0 bridgehead atoms. The van der Waals surface area contributed by atoms with Crippen LogP contribution in [0.25, 0.3) is 0 Å². The summed E-state index contributed by atoms with van der Waals surface area (Å²) in [6.07, 6.45) is -3.32. The largest absolute Gasteiger partial charge is 0.411 e. The van der Waals surface area contributed by atoms with Crippen molar-refractivity contribution in [3.8, 4) is 0 Å². The van der Waals surface area contributed by atoms with Crippen LogP contribution in [0, 0.1) is 0 Å². The summed E-state index contributed by atoms with van der Waals surface area (Å²) in [6.45, 7) is 1.08. The molecule has 1 rings (SSSR count). The van der Waals surface area contributed by atoms with E-state index in [0.29, 0.717) is 6.54 Å². The molecular weight excluding hydrogens is 219 g/mol. The molecular formula is C8H13ClF3NO. The van der Waals surface area contributed by atoms with Gasteiger partial charge in [0.25, 0.3) is 0 Å². The Labute approximate surface area is 86.0 Å². The van der Waals surface area contributed by atoms with E-state index in [2.05, 4.69) is 4.74 Å². The highest BCUT2D eigenvalue weighted by molar-refractivity contribution is 6.20. The van der Waals surface area contributed by atoms with Crippen LogP contribution in [-0.2, 0) is 4.74 Å². The number of likely N-dealkylation sites (tertiary alicyclic amines) is 1. The molecule has 0 aromatic heterocycles. The van der Waals surface area contributed by atoms with Crippen LogP contribution in [0.5, 0.6) is 0 Å². The molecule has 0 saturated carbocycles. The molecule has 1 saturated heterocycles. The van der Waals surface area contributed by atoms with Crippen LogP contribution in [0.3, 0.4) is 0 Å². The minimum atomic E-state index is -4.22. The summed E-state index contributed by atoms with van der Waals surface area (Å²) in [5.41, 5.74) is 0. The molecule has 2 nitrogen and oxygen atoms in total. The highest BCUT2D eigenvalue weighted by Crippen LogP contribution is 2.15. The summed E-state index contributed by atoms with van der Waals surface area (Å²) in [5.74, 6) is 0. The highest BCUT2D eigenvalue weighted by atomic mass is 35.5. The van der Waals surface area contributed by atoms with E-state index in [1.165, 1.54) is 0 Å². The van der Waals surface area contributed by atoms with Gasteiger partial charge in [0.05, 0.1) is 6.61 Å². The molecule has 1 atom stereocenters. The highest BCUT2D eigenvalue weighted by Gasteiger charge is 2.27. The summed E-state index contributed by atoms with van der Waals surface area (Å²) < 4.78 is 39.5. The Kier molecular flexibility index (Phi) is 4.47. The first-order valence-corrected chi connectivity index (χ1v) is 4.92. The zero-order chi connectivity index (χ0) is 10.6. The lowest BCUT2D eigenvalue weighted by Crippen LogP contribution is -2.27. The van der Waals surface area contributed by atoms with Gasteiger partial charge in [0.2, 0.25) is 0 Å². The number of hydrogen-bond donors (Lipinski definition) is 0. The second-order valence-electron chi connectivity index (χ2n) is 3.35. The Morgan fingerprint density at radius 3 is 2.64 bits per heavy atom. The Balaban J connectivity index is 1.99. The molecule has 6 heteroatoms. The minimum absolute atomic E-state index is 0.114. The Bertz CT molecular complexity index is 176. The zero-order valence-electron chi connectivity index (χ0n) is 7.69. The van der Waals surface area contributed by atoms with Crippen LogP contribution < -0.4 is 0 Å². The number of nitrogens with zero attached hydrogens (tertiary/aromatic N) is 1. The first-order chi connectivity index (χ1) is 6.47. The van der Waals surface area contributed by atoms with Gasteiger partial charge in [-0.05, 0) is 13.0 Å². The Morgan fingerprint density at radius 2 is 2.14 bits per heavy atom. The zero-order valence-corrected chi connectivity index (χ0v) is 8.44. The number of rotatable bonds is 4. The maximum atomic E-state index is 11.7. The van der Waals surface area contributed by atoms with Gasteiger partial charge in [0.1, 0.15) is 6.61 Å². The smallest absolute Gasteiger partial charge is 0.371 e. The van der Waals surface area contributed by atoms with E-state index in [1.807, 2.05) is 4.90 Å². The number of ether oxygens (including phenoxy) is 1. The molecule has 0 radical (unpaired) electrons. The standard InChI is InChI=1S/C8H13ClF3NO/c9-7-1-2-13(5-7)3-4-14-6-8(10,11)12/h7H,1-6H2. The van der Waals surface area contributed by atoms with Crippen LogP contribution in [-0.4, -0.2) is 49.3 Å². The summed E-state index contributed by atoms with van der Waals surface area (Å²) in [7, 11) is 0. The van der Waals surface area contributed by atoms with Gasteiger partial charge in [0.15, 0.2) is 0 Å². The maximum absolute atomic E-state index is 11.7. The molecule has 1 heterocycles. The van der Waals surface area contributed by atoms with E-state index < -0.39 is 12.8 Å². The number of hydrogen-bond acceptors (Lipinski definition) is 2. The quantitative estimate of drug-likeness (QED) is 0.541. The van der Waals surface area contributed by atoms with Gasteiger partial charge in [-0.2, -0.15) is 13.2 Å².